The fourth-order valence-electron chi connectivity index (χ4n) is 2.74. The highest BCUT2D eigenvalue weighted by Gasteiger charge is 2.14. The first-order valence-corrected chi connectivity index (χ1v) is 9.82. The third-order valence-corrected chi connectivity index (χ3v) is 4.81. The molecule has 0 unspecified atom stereocenters. The van der Waals surface area contributed by atoms with Gasteiger partial charge in [-0.05, 0) is 31.4 Å². The van der Waals surface area contributed by atoms with Crippen molar-refractivity contribution >= 4 is 28.6 Å². The summed E-state index contributed by atoms with van der Waals surface area (Å²) >= 11 is 1.33. The van der Waals surface area contributed by atoms with Gasteiger partial charge in [0.1, 0.15) is 0 Å². The first-order chi connectivity index (χ1) is 11.9. The Bertz CT molecular complexity index is 786. The number of aromatic nitrogens is 2. The number of hydrogen-bond acceptors (Lipinski definition) is 4. The lowest BCUT2D eigenvalue weighted by Crippen LogP contribution is -2.34. The van der Waals surface area contributed by atoms with Crippen LogP contribution in [0.3, 0.4) is 0 Å². The van der Waals surface area contributed by atoms with Gasteiger partial charge >= 0.3 is 0 Å². The lowest BCUT2D eigenvalue weighted by molar-refractivity contribution is -0.119. The number of thioether (sulfide) groups is 1. The van der Waals surface area contributed by atoms with E-state index in [1.54, 1.807) is 10.6 Å². The molecule has 0 bridgehead atoms. The van der Waals surface area contributed by atoms with Crippen LogP contribution in [-0.2, 0) is 11.3 Å². The minimum Gasteiger partial charge on any atom is -0.353 e. The molecule has 2 aromatic rings. The van der Waals surface area contributed by atoms with Gasteiger partial charge in [-0.25, -0.2) is 4.98 Å². The highest BCUT2D eigenvalue weighted by atomic mass is 32.2. The van der Waals surface area contributed by atoms with Crippen LogP contribution in [-0.4, -0.2) is 27.3 Å². The van der Waals surface area contributed by atoms with Gasteiger partial charge < -0.3 is 5.32 Å². The van der Waals surface area contributed by atoms with Crippen molar-refractivity contribution in [2.45, 2.75) is 58.3 Å². The molecule has 5 nitrogen and oxygen atoms in total. The van der Waals surface area contributed by atoms with Crippen molar-refractivity contribution < 1.29 is 4.79 Å². The molecule has 25 heavy (non-hydrogen) atoms. The normalized spacial score (nSPS) is 12.5. The Kier molecular flexibility index (Phi) is 7.05. The number of amides is 1. The molecular formula is C19H27N3O2S. The summed E-state index contributed by atoms with van der Waals surface area (Å²) in [4.78, 5) is 29.6. The van der Waals surface area contributed by atoms with Gasteiger partial charge in [0.15, 0.2) is 5.16 Å². The zero-order chi connectivity index (χ0) is 18.4. The number of nitrogens with zero attached hydrogens (tertiary/aromatic N) is 2. The minimum absolute atomic E-state index is 0.0237. The van der Waals surface area contributed by atoms with Crippen molar-refractivity contribution in [3.8, 4) is 0 Å². The van der Waals surface area contributed by atoms with E-state index in [4.69, 9.17) is 0 Å². The molecule has 0 aliphatic heterocycles. The summed E-state index contributed by atoms with van der Waals surface area (Å²) in [7, 11) is 0. The molecule has 1 N–H and O–H groups in total. The van der Waals surface area contributed by atoms with Gasteiger partial charge in [-0.2, -0.15) is 0 Å². The molecule has 1 aromatic heterocycles. The predicted molar refractivity (Wildman–Crippen MR) is 104 cm³/mol. The summed E-state index contributed by atoms with van der Waals surface area (Å²) in [5, 5.41) is 4.21. The zero-order valence-electron chi connectivity index (χ0n) is 15.4. The summed E-state index contributed by atoms with van der Waals surface area (Å²) in [6, 6.07) is 7.52. The van der Waals surface area contributed by atoms with Crippen LogP contribution >= 0.6 is 11.8 Å². The third-order valence-electron chi connectivity index (χ3n) is 3.84. The SMILES string of the molecule is CCC[C@H](C)NC(=O)CSc1nc2ccccc2c(=O)n1CC(C)C. The molecule has 1 heterocycles. The van der Waals surface area contributed by atoms with Crippen molar-refractivity contribution in [2.75, 3.05) is 5.75 Å². The molecule has 0 aliphatic rings. The molecule has 136 valence electrons. The molecule has 0 spiro atoms. The van der Waals surface area contributed by atoms with E-state index in [1.807, 2.05) is 25.1 Å². The van der Waals surface area contributed by atoms with Gasteiger partial charge in [0.05, 0.1) is 16.7 Å². The Balaban J connectivity index is 2.23. The Morgan fingerprint density at radius 2 is 2.00 bits per heavy atom. The summed E-state index contributed by atoms with van der Waals surface area (Å²) in [6.07, 6.45) is 2.00. The number of hydrogen-bond donors (Lipinski definition) is 1. The van der Waals surface area contributed by atoms with Crippen LogP contribution in [0.2, 0.25) is 0 Å². The highest BCUT2D eigenvalue weighted by Crippen LogP contribution is 2.18. The molecule has 0 saturated carbocycles. The van der Waals surface area contributed by atoms with E-state index >= 15 is 0 Å². The van der Waals surface area contributed by atoms with E-state index in [2.05, 4.69) is 31.1 Å². The zero-order valence-corrected chi connectivity index (χ0v) is 16.2. The second-order valence-electron chi connectivity index (χ2n) is 6.77. The van der Waals surface area contributed by atoms with Crippen molar-refractivity contribution in [3.05, 3.63) is 34.6 Å². The van der Waals surface area contributed by atoms with Gasteiger partial charge in [-0.15, -0.1) is 0 Å². The molecule has 0 saturated heterocycles. The maximum absolute atomic E-state index is 12.8. The molecule has 1 atom stereocenters. The molecule has 0 aliphatic carbocycles. The summed E-state index contributed by atoms with van der Waals surface area (Å²) < 4.78 is 1.69. The van der Waals surface area contributed by atoms with Crippen molar-refractivity contribution in [1.29, 1.82) is 0 Å². The standard InChI is InChI=1S/C19H27N3O2S/c1-5-8-14(4)20-17(23)12-25-19-21-16-10-7-6-9-15(16)18(24)22(19)11-13(2)3/h6-7,9-10,13-14H,5,8,11-12H2,1-4H3,(H,20,23)/t14-/m0/s1. The number of fused-ring (bicyclic) bond motifs is 1. The summed E-state index contributed by atoms with van der Waals surface area (Å²) in [5.74, 6) is 0.555. The van der Waals surface area contributed by atoms with Gasteiger partial charge in [0.2, 0.25) is 5.91 Å². The van der Waals surface area contributed by atoms with E-state index in [0.29, 0.717) is 28.5 Å². The van der Waals surface area contributed by atoms with E-state index in [-0.39, 0.29) is 23.3 Å². The second-order valence-corrected chi connectivity index (χ2v) is 7.71. The van der Waals surface area contributed by atoms with E-state index < -0.39 is 0 Å². The maximum atomic E-state index is 12.8. The van der Waals surface area contributed by atoms with E-state index in [9.17, 15) is 9.59 Å². The molecule has 1 amide bonds. The van der Waals surface area contributed by atoms with Crippen LogP contribution in [0.15, 0.2) is 34.2 Å². The number of nitrogens with one attached hydrogen (secondary N) is 1. The van der Waals surface area contributed by atoms with Gasteiger partial charge in [-0.1, -0.05) is 51.1 Å². The average molecular weight is 362 g/mol. The lowest BCUT2D eigenvalue weighted by Gasteiger charge is -2.16. The Hall–Kier alpha value is -1.82. The van der Waals surface area contributed by atoms with Gasteiger partial charge in [0, 0.05) is 12.6 Å². The fourth-order valence-corrected chi connectivity index (χ4v) is 3.56. The van der Waals surface area contributed by atoms with E-state index in [0.717, 1.165) is 12.8 Å². The molecule has 2 rings (SSSR count). The number of carbonyl (C=O) groups is 1. The van der Waals surface area contributed by atoms with E-state index in [1.165, 1.54) is 11.8 Å². The first-order valence-electron chi connectivity index (χ1n) is 8.84. The molecule has 6 heteroatoms. The van der Waals surface area contributed by atoms with Gasteiger partial charge in [-0.3, -0.25) is 14.2 Å². The topological polar surface area (TPSA) is 64.0 Å². The number of rotatable bonds is 8. The molecule has 1 aromatic carbocycles. The molecule has 0 radical (unpaired) electrons. The third kappa shape index (κ3) is 5.33. The van der Waals surface area contributed by atoms with Crippen molar-refractivity contribution in [3.63, 3.8) is 0 Å². The summed E-state index contributed by atoms with van der Waals surface area (Å²) in [5.41, 5.74) is 0.635. The van der Waals surface area contributed by atoms with Crippen molar-refractivity contribution in [2.24, 2.45) is 5.92 Å². The number of benzene rings is 1. The average Bonchev–Trinajstić information content (AvgIpc) is 2.56. The fraction of sp³-hybridized carbons (Fsp3) is 0.526. The van der Waals surface area contributed by atoms with Crippen LogP contribution in [0.25, 0.3) is 10.9 Å². The van der Waals surface area contributed by atoms with Crippen molar-refractivity contribution in [1.82, 2.24) is 14.9 Å². The quantitative estimate of drug-likeness (QED) is 0.578. The van der Waals surface area contributed by atoms with Crippen LogP contribution in [0.5, 0.6) is 0 Å². The van der Waals surface area contributed by atoms with Crippen LogP contribution in [0.4, 0.5) is 0 Å². The van der Waals surface area contributed by atoms with Crippen LogP contribution in [0, 0.1) is 5.92 Å². The number of carbonyl (C=O) groups excluding carboxylic acids is 1. The highest BCUT2D eigenvalue weighted by molar-refractivity contribution is 7.99. The molecule has 0 fully saturated rings. The monoisotopic (exact) mass is 361 g/mol. The smallest absolute Gasteiger partial charge is 0.262 e. The largest absolute Gasteiger partial charge is 0.353 e. The van der Waals surface area contributed by atoms with Crippen LogP contribution < -0.4 is 10.9 Å². The minimum atomic E-state index is -0.0402. The lowest BCUT2D eigenvalue weighted by atomic mass is 10.2. The summed E-state index contributed by atoms with van der Waals surface area (Å²) in [6.45, 7) is 8.83. The Labute approximate surface area is 153 Å². The van der Waals surface area contributed by atoms with Crippen LogP contribution in [0.1, 0.15) is 40.5 Å². The number of para-hydroxylation sites is 1. The predicted octanol–water partition coefficient (Wildman–Crippen LogP) is 3.45. The maximum Gasteiger partial charge on any atom is 0.262 e. The Morgan fingerprint density at radius 3 is 2.68 bits per heavy atom. The second kappa shape index (κ2) is 9.04. The first kappa shape index (κ1) is 19.5. The van der Waals surface area contributed by atoms with Gasteiger partial charge in [0.25, 0.3) is 5.56 Å². The Morgan fingerprint density at radius 1 is 1.28 bits per heavy atom. The molecular weight excluding hydrogens is 334 g/mol.